The molecule has 7 nitrogen and oxygen atoms in total. The molecule has 2 aromatic rings. The van der Waals surface area contributed by atoms with E-state index in [1.807, 2.05) is 0 Å². The van der Waals surface area contributed by atoms with Gasteiger partial charge in [-0.15, -0.1) is 0 Å². The highest BCUT2D eigenvalue weighted by atomic mass is 32.2. The Bertz CT molecular complexity index is 807. The minimum Gasteiger partial charge on any atom is -0.477 e. The van der Waals surface area contributed by atoms with Gasteiger partial charge in [0.05, 0.1) is 0 Å². The second kappa shape index (κ2) is 5.41. The lowest BCUT2D eigenvalue weighted by Crippen LogP contribution is -2.12. The number of aromatic carboxylic acids is 1. The number of Topliss-reactive ketones (excluding diaryl/α,β-unsaturated/α-hetero) is 1. The lowest BCUT2D eigenvalue weighted by molar-refractivity contribution is 0.0691. The van der Waals surface area contributed by atoms with Crippen LogP contribution in [0.25, 0.3) is 0 Å². The van der Waals surface area contributed by atoms with E-state index in [9.17, 15) is 18.0 Å². The van der Waals surface area contributed by atoms with Crippen LogP contribution in [0.2, 0.25) is 0 Å². The monoisotopic (exact) mass is 308 g/mol. The molecular formula is C13H12N2O5S. The Morgan fingerprint density at radius 3 is 2.52 bits per heavy atom. The fraction of sp³-hybridized carbons (Fsp3) is 0.0769. The van der Waals surface area contributed by atoms with Crippen LogP contribution in [0.15, 0.2) is 41.4 Å². The summed E-state index contributed by atoms with van der Waals surface area (Å²) in [5.74, 6) is -1.44. The van der Waals surface area contributed by atoms with Gasteiger partial charge in [0.1, 0.15) is 10.6 Å². The molecule has 0 radical (unpaired) electrons. The summed E-state index contributed by atoms with van der Waals surface area (Å²) in [4.78, 5) is 24.2. The first-order valence-electron chi connectivity index (χ1n) is 5.85. The Balaban J connectivity index is 2.30. The molecular weight excluding hydrogens is 296 g/mol. The predicted molar refractivity (Wildman–Crippen MR) is 75.0 cm³/mol. The van der Waals surface area contributed by atoms with Crippen molar-refractivity contribution in [2.24, 2.45) is 0 Å². The van der Waals surface area contributed by atoms with Gasteiger partial charge in [0.2, 0.25) is 0 Å². The summed E-state index contributed by atoms with van der Waals surface area (Å²) in [6, 6.07) is 7.03. The Kier molecular flexibility index (Phi) is 3.81. The average molecular weight is 308 g/mol. The van der Waals surface area contributed by atoms with Gasteiger partial charge in [0.15, 0.2) is 5.78 Å². The lowest BCUT2D eigenvalue weighted by atomic mass is 10.1. The van der Waals surface area contributed by atoms with E-state index >= 15 is 0 Å². The van der Waals surface area contributed by atoms with E-state index in [-0.39, 0.29) is 22.1 Å². The Morgan fingerprint density at radius 2 is 1.95 bits per heavy atom. The highest BCUT2D eigenvalue weighted by Crippen LogP contribution is 2.18. The number of H-pyrrole nitrogens is 1. The highest BCUT2D eigenvalue weighted by Gasteiger charge is 2.18. The number of carbonyl (C=O) groups is 2. The molecule has 0 aliphatic rings. The third-order valence-electron chi connectivity index (χ3n) is 2.72. The maximum atomic E-state index is 12.1. The number of sulfonamides is 1. The van der Waals surface area contributed by atoms with Crippen LogP contribution in [0.4, 0.5) is 5.69 Å². The molecule has 1 aromatic heterocycles. The van der Waals surface area contributed by atoms with E-state index in [1.54, 1.807) is 12.1 Å². The number of hydrogen-bond acceptors (Lipinski definition) is 4. The summed E-state index contributed by atoms with van der Waals surface area (Å²) in [6.45, 7) is 1.37. The SMILES string of the molecule is CC(=O)c1cccc(NS(=O)(=O)c2c[nH]c(C(=O)O)c2)c1. The van der Waals surface area contributed by atoms with Crippen LogP contribution in [-0.2, 0) is 10.0 Å². The van der Waals surface area contributed by atoms with Crippen LogP contribution < -0.4 is 4.72 Å². The fourth-order valence-electron chi connectivity index (χ4n) is 1.67. The van der Waals surface area contributed by atoms with E-state index in [0.717, 1.165) is 12.3 Å². The minimum atomic E-state index is -3.92. The second-order valence-electron chi connectivity index (χ2n) is 4.30. The van der Waals surface area contributed by atoms with Crippen molar-refractivity contribution in [2.75, 3.05) is 4.72 Å². The maximum Gasteiger partial charge on any atom is 0.352 e. The number of carbonyl (C=O) groups excluding carboxylic acids is 1. The van der Waals surface area contributed by atoms with Crippen LogP contribution in [0, 0.1) is 0 Å². The van der Waals surface area contributed by atoms with Gasteiger partial charge in [0.25, 0.3) is 10.0 Å². The van der Waals surface area contributed by atoms with Gasteiger partial charge in [-0.2, -0.15) is 0 Å². The van der Waals surface area contributed by atoms with Crippen LogP contribution in [0.1, 0.15) is 27.8 Å². The number of rotatable bonds is 5. The van der Waals surface area contributed by atoms with Crippen LogP contribution in [-0.4, -0.2) is 30.3 Å². The quantitative estimate of drug-likeness (QED) is 0.727. The third kappa shape index (κ3) is 3.29. The average Bonchev–Trinajstić information content (AvgIpc) is 2.89. The van der Waals surface area contributed by atoms with Crippen molar-refractivity contribution < 1.29 is 23.1 Å². The Labute approximate surface area is 120 Å². The molecule has 0 spiro atoms. The molecule has 0 amide bonds. The first-order chi connectivity index (χ1) is 9.79. The van der Waals surface area contributed by atoms with Gasteiger partial charge in [0, 0.05) is 17.4 Å². The van der Waals surface area contributed by atoms with Gasteiger partial charge in [-0.3, -0.25) is 9.52 Å². The summed E-state index contributed by atoms with van der Waals surface area (Å²) in [5, 5.41) is 8.77. The minimum absolute atomic E-state index is 0.189. The Hall–Kier alpha value is -2.61. The molecule has 1 heterocycles. The van der Waals surface area contributed by atoms with Gasteiger partial charge in [-0.25, -0.2) is 13.2 Å². The van der Waals surface area contributed by atoms with Gasteiger partial charge in [-0.05, 0) is 25.1 Å². The summed E-state index contributed by atoms with van der Waals surface area (Å²) < 4.78 is 26.5. The van der Waals surface area contributed by atoms with Crippen molar-refractivity contribution in [1.82, 2.24) is 4.98 Å². The summed E-state index contributed by atoms with van der Waals surface area (Å²) in [7, 11) is -3.92. The zero-order chi connectivity index (χ0) is 15.6. The molecule has 0 unspecified atom stereocenters. The Morgan fingerprint density at radius 1 is 1.24 bits per heavy atom. The van der Waals surface area contributed by atoms with Crippen molar-refractivity contribution in [3.8, 4) is 0 Å². The maximum absolute atomic E-state index is 12.1. The number of ketones is 1. The van der Waals surface area contributed by atoms with E-state index in [1.165, 1.54) is 19.1 Å². The molecule has 0 atom stereocenters. The summed E-state index contributed by atoms with van der Waals surface area (Å²) in [5.41, 5.74) is 0.365. The normalized spacial score (nSPS) is 11.1. The molecule has 0 bridgehead atoms. The standard InChI is InChI=1S/C13H12N2O5S/c1-8(16)9-3-2-4-10(5-9)15-21(19,20)11-6-12(13(17)18)14-7-11/h2-7,14-15H,1H3,(H,17,18). The lowest BCUT2D eigenvalue weighted by Gasteiger charge is -2.07. The number of hydrogen-bond donors (Lipinski definition) is 3. The first kappa shape index (κ1) is 14.8. The van der Waals surface area contributed by atoms with E-state index in [0.29, 0.717) is 5.56 Å². The second-order valence-corrected chi connectivity index (χ2v) is 5.98. The number of nitrogens with one attached hydrogen (secondary N) is 2. The van der Waals surface area contributed by atoms with Crippen molar-refractivity contribution in [3.05, 3.63) is 47.8 Å². The van der Waals surface area contributed by atoms with Crippen LogP contribution >= 0.6 is 0 Å². The number of benzene rings is 1. The number of aromatic amines is 1. The molecule has 8 heteroatoms. The first-order valence-corrected chi connectivity index (χ1v) is 7.33. The summed E-state index contributed by atoms with van der Waals surface area (Å²) in [6.07, 6.45) is 1.08. The van der Waals surface area contributed by atoms with E-state index in [2.05, 4.69) is 9.71 Å². The number of carboxylic acid groups (broad SMARTS) is 1. The molecule has 0 aliphatic heterocycles. The molecule has 0 saturated heterocycles. The molecule has 2 rings (SSSR count). The summed E-state index contributed by atoms with van der Waals surface area (Å²) >= 11 is 0. The molecule has 1 aromatic carbocycles. The zero-order valence-corrected chi connectivity index (χ0v) is 11.8. The molecule has 110 valence electrons. The van der Waals surface area contributed by atoms with Crippen molar-refractivity contribution in [2.45, 2.75) is 11.8 Å². The smallest absolute Gasteiger partial charge is 0.352 e. The van der Waals surface area contributed by atoms with Gasteiger partial charge >= 0.3 is 5.97 Å². The largest absolute Gasteiger partial charge is 0.477 e. The number of anilines is 1. The van der Waals surface area contributed by atoms with Gasteiger partial charge < -0.3 is 10.1 Å². The third-order valence-corrected chi connectivity index (χ3v) is 4.08. The van der Waals surface area contributed by atoms with Crippen molar-refractivity contribution in [1.29, 1.82) is 0 Å². The molecule has 0 aliphatic carbocycles. The zero-order valence-electron chi connectivity index (χ0n) is 11.0. The van der Waals surface area contributed by atoms with Crippen LogP contribution in [0.5, 0.6) is 0 Å². The number of aromatic nitrogens is 1. The van der Waals surface area contributed by atoms with Crippen LogP contribution in [0.3, 0.4) is 0 Å². The highest BCUT2D eigenvalue weighted by molar-refractivity contribution is 7.92. The number of carboxylic acids is 1. The van der Waals surface area contributed by atoms with E-state index < -0.39 is 16.0 Å². The van der Waals surface area contributed by atoms with Crippen molar-refractivity contribution >= 4 is 27.5 Å². The molecule has 3 N–H and O–H groups in total. The molecule has 0 saturated carbocycles. The predicted octanol–water partition coefficient (Wildman–Crippen LogP) is 1.72. The van der Waals surface area contributed by atoms with Crippen molar-refractivity contribution in [3.63, 3.8) is 0 Å². The van der Waals surface area contributed by atoms with E-state index in [4.69, 9.17) is 5.11 Å². The van der Waals surface area contributed by atoms with Gasteiger partial charge in [-0.1, -0.05) is 12.1 Å². The molecule has 21 heavy (non-hydrogen) atoms. The fourth-order valence-corrected chi connectivity index (χ4v) is 2.71. The topological polar surface area (TPSA) is 116 Å². The molecule has 0 fully saturated rings.